The van der Waals surface area contributed by atoms with Gasteiger partial charge in [-0.1, -0.05) is 12.1 Å². The Balaban J connectivity index is 2.16. The Morgan fingerprint density at radius 2 is 1.90 bits per heavy atom. The molecule has 0 aliphatic rings. The van der Waals surface area contributed by atoms with E-state index in [1.165, 1.54) is 12.1 Å². The first-order valence-corrected chi connectivity index (χ1v) is 6.75. The van der Waals surface area contributed by atoms with E-state index in [1.807, 2.05) is 6.92 Å². The van der Waals surface area contributed by atoms with Gasteiger partial charge in [0.05, 0.1) is 13.2 Å². The van der Waals surface area contributed by atoms with Crippen LogP contribution in [-0.4, -0.2) is 12.2 Å². The highest BCUT2D eigenvalue weighted by molar-refractivity contribution is 5.43. The molecule has 1 N–H and O–H groups in total. The third-order valence-electron chi connectivity index (χ3n) is 3.36. The summed E-state index contributed by atoms with van der Waals surface area (Å²) in [5.74, 6) is 0.897. The van der Waals surface area contributed by atoms with Crippen molar-refractivity contribution in [2.45, 2.75) is 26.6 Å². The third-order valence-corrected chi connectivity index (χ3v) is 3.36. The van der Waals surface area contributed by atoms with Gasteiger partial charge in [0.15, 0.2) is 11.5 Å². The van der Waals surface area contributed by atoms with E-state index in [2.05, 4.69) is 0 Å². The largest absolute Gasteiger partial charge is 0.493 e. The Hall–Kier alpha value is -2.07. The molecule has 1 atom stereocenters. The van der Waals surface area contributed by atoms with Gasteiger partial charge in [-0.15, -0.1) is 0 Å². The number of aryl methyl sites for hydroxylation is 1. The summed E-state index contributed by atoms with van der Waals surface area (Å²) in [5, 5.41) is 9.57. The van der Waals surface area contributed by atoms with Crippen LogP contribution in [0.5, 0.6) is 11.5 Å². The zero-order valence-electron chi connectivity index (χ0n) is 12.4. The minimum atomic E-state index is -0.563. The highest BCUT2D eigenvalue weighted by Crippen LogP contribution is 2.31. The zero-order chi connectivity index (χ0) is 15.4. The molecule has 3 nitrogen and oxygen atoms in total. The molecule has 0 fully saturated rings. The number of halogens is 1. The van der Waals surface area contributed by atoms with Crippen molar-refractivity contribution in [2.75, 3.05) is 7.11 Å². The fourth-order valence-electron chi connectivity index (χ4n) is 2.04. The maximum Gasteiger partial charge on any atom is 0.161 e. The molecule has 2 aromatic rings. The number of hydrogen-bond acceptors (Lipinski definition) is 3. The summed E-state index contributed by atoms with van der Waals surface area (Å²) in [6, 6.07) is 9.91. The van der Waals surface area contributed by atoms with Crippen LogP contribution in [0, 0.1) is 12.7 Å². The van der Waals surface area contributed by atoms with Crippen LogP contribution in [0.1, 0.15) is 29.7 Å². The SMILES string of the molecule is COc1cc([C@H](C)O)ccc1OCc1ccc(F)cc1C. The number of rotatable bonds is 5. The van der Waals surface area contributed by atoms with E-state index in [0.29, 0.717) is 18.1 Å². The van der Waals surface area contributed by atoms with E-state index >= 15 is 0 Å². The van der Waals surface area contributed by atoms with Gasteiger partial charge in [0.2, 0.25) is 0 Å². The molecule has 0 amide bonds. The van der Waals surface area contributed by atoms with Gasteiger partial charge < -0.3 is 14.6 Å². The third kappa shape index (κ3) is 3.73. The summed E-state index contributed by atoms with van der Waals surface area (Å²) in [5.41, 5.74) is 2.52. The van der Waals surface area contributed by atoms with Crippen molar-refractivity contribution in [3.63, 3.8) is 0 Å². The van der Waals surface area contributed by atoms with Gasteiger partial charge in [-0.05, 0) is 54.8 Å². The predicted molar refractivity (Wildman–Crippen MR) is 79.1 cm³/mol. The highest BCUT2D eigenvalue weighted by Gasteiger charge is 2.09. The zero-order valence-corrected chi connectivity index (χ0v) is 12.4. The molecule has 0 saturated heterocycles. The Labute approximate surface area is 124 Å². The summed E-state index contributed by atoms with van der Waals surface area (Å²) in [7, 11) is 1.55. The van der Waals surface area contributed by atoms with Crippen LogP contribution >= 0.6 is 0 Å². The fraction of sp³-hybridized carbons (Fsp3) is 0.294. The molecule has 4 heteroatoms. The van der Waals surface area contributed by atoms with Crippen molar-refractivity contribution >= 4 is 0 Å². The molecular weight excluding hydrogens is 271 g/mol. The molecule has 112 valence electrons. The van der Waals surface area contributed by atoms with Crippen molar-refractivity contribution in [2.24, 2.45) is 0 Å². The minimum absolute atomic E-state index is 0.255. The molecule has 21 heavy (non-hydrogen) atoms. The van der Waals surface area contributed by atoms with Gasteiger partial charge in [0.1, 0.15) is 12.4 Å². The normalized spacial score (nSPS) is 12.0. The lowest BCUT2D eigenvalue weighted by molar-refractivity contribution is 0.198. The Bertz CT molecular complexity index is 623. The van der Waals surface area contributed by atoms with Gasteiger partial charge in [-0.3, -0.25) is 0 Å². The second-order valence-corrected chi connectivity index (χ2v) is 4.95. The molecule has 0 bridgehead atoms. The molecular formula is C17H19FO3. The number of aliphatic hydroxyl groups is 1. The predicted octanol–water partition coefficient (Wildman–Crippen LogP) is 3.78. The first kappa shape index (κ1) is 15.3. The number of benzene rings is 2. The van der Waals surface area contributed by atoms with E-state index in [1.54, 1.807) is 38.3 Å². The number of methoxy groups -OCH3 is 1. The molecule has 0 heterocycles. The van der Waals surface area contributed by atoms with Crippen LogP contribution in [-0.2, 0) is 6.61 Å². The molecule has 0 aromatic heterocycles. The summed E-state index contributed by atoms with van der Waals surface area (Å²) in [6.07, 6.45) is -0.563. The van der Waals surface area contributed by atoms with Gasteiger partial charge in [-0.25, -0.2) is 4.39 Å². The van der Waals surface area contributed by atoms with Gasteiger partial charge >= 0.3 is 0 Å². The van der Waals surface area contributed by atoms with E-state index in [0.717, 1.165) is 16.7 Å². The van der Waals surface area contributed by atoms with E-state index in [9.17, 15) is 9.50 Å². The maximum atomic E-state index is 13.1. The van der Waals surface area contributed by atoms with Crippen molar-refractivity contribution < 1.29 is 19.0 Å². The minimum Gasteiger partial charge on any atom is -0.493 e. The number of hydrogen-bond donors (Lipinski definition) is 1. The molecule has 0 unspecified atom stereocenters. The first-order chi connectivity index (χ1) is 10.0. The Morgan fingerprint density at radius 1 is 1.14 bits per heavy atom. The van der Waals surface area contributed by atoms with Crippen molar-refractivity contribution in [1.29, 1.82) is 0 Å². The topological polar surface area (TPSA) is 38.7 Å². The van der Waals surface area contributed by atoms with E-state index in [4.69, 9.17) is 9.47 Å². The average molecular weight is 290 g/mol. The van der Waals surface area contributed by atoms with Crippen molar-refractivity contribution in [1.82, 2.24) is 0 Å². The maximum absolute atomic E-state index is 13.1. The lowest BCUT2D eigenvalue weighted by atomic mass is 10.1. The Kier molecular flexibility index (Phi) is 4.81. The number of ether oxygens (including phenoxy) is 2. The molecule has 2 aromatic carbocycles. The second kappa shape index (κ2) is 6.59. The van der Waals surface area contributed by atoms with E-state index in [-0.39, 0.29) is 5.82 Å². The summed E-state index contributed by atoms with van der Waals surface area (Å²) in [4.78, 5) is 0. The van der Waals surface area contributed by atoms with Crippen molar-refractivity contribution in [3.05, 3.63) is 58.9 Å². The highest BCUT2D eigenvalue weighted by atomic mass is 19.1. The average Bonchev–Trinajstić information content (AvgIpc) is 2.46. The molecule has 0 aliphatic heterocycles. The lowest BCUT2D eigenvalue weighted by Gasteiger charge is -2.14. The van der Waals surface area contributed by atoms with Crippen LogP contribution in [0.2, 0.25) is 0 Å². The molecule has 2 rings (SSSR count). The second-order valence-electron chi connectivity index (χ2n) is 4.95. The summed E-state index contributed by atoms with van der Waals surface area (Å²) >= 11 is 0. The Morgan fingerprint density at radius 3 is 2.52 bits per heavy atom. The van der Waals surface area contributed by atoms with Crippen LogP contribution < -0.4 is 9.47 Å². The smallest absolute Gasteiger partial charge is 0.161 e. The van der Waals surface area contributed by atoms with Gasteiger partial charge in [0.25, 0.3) is 0 Å². The van der Waals surface area contributed by atoms with Crippen LogP contribution in [0.4, 0.5) is 4.39 Å². The van der Waals surface area contributed by atoms with Gasteiger partial charge in [-0.2, -0.15) is 0 Å². The first-order valence-electron chi connectivity index (χ1n) is 6.75. The van der Waals surface area contributed by atoms with Crippen LogP contribution in [0.3, 0.4) is 0 Å². The standard InChI is InChI=1S/C17H19FO3/c1-11-8-15(18)6-4-14(11)10-21-16-7-5-13(12(2)19)9-17(16)20-3/h4-9,12,19H,10H2,1-3H3/t12-/m0/s1. The van der Waals surface area contributed by atoms with Crippen LogP contribution in [0.15, 0.2) is 36.4 Å². The molecule has 0 radical (unpaired) electrons. The molecule has 0 aliphatic carbocycles. The quantitative estimate of drug-likeness (QED) is 0.911. The van der Waals surface area contributed by atoms with Crippen molar-refractivity contribution in [3.8, 4) is 11.5 Å². The molecule has 0 saturated carbocycles. The lowest BCUT2D eigenvalue weighted by Crippen LogP contribution is -2.01. The summed E-state index contributed by atoms with van der Waals surface area (Å²) < 4.78 is 24.1. The van der Waals surface area contributed by atoms with Crippen LogP contribution in [0.25, 0.3) is 0 Å². The summed E-state index contributed by atoms with van der Waals surface area (Å²) in [6.45, 7) is 3.86. The molecule has 0 spiro atoms. The number of aliphatic hydroxyl groups excluding tert-OH is 1. The van der Waals surface area contributed by atoms with Gasteiger partial charge in [0, 0.05) is 0 Å². The fourth-order valence-corrected chi connectivity index (χ4v) is 2.04. The monoisotopic (exact) mass is 290 g/mol. The van der Waals surface area contributed by atoms with E-state index < -0.39 is 6.10 Å².